The van der Waals surface area contributed by atoms with E-state index in [1.807, 2.05) is 12.1 Å². The molecule has 0 saturated heterocycles. The molecule has 0 aliphatic heterocycles. The summed E-state index contributed by atoms with van der Waals surface area (Å²) in [6.45, 7) is 2.04. The molecule has 5 nitrogen and oxygen atoms in total. The quantitative estimate of drug-likeness (QED) is 0.500. The van der Waals surface area contributed by atoms with Crippen molar-refractivity contribution in [1.29, 1.82) is 0 Å². The summed E-state index contributed by atoms with van der Waals surface area (Å²) >= 11 is 0. The van der Waals surface area contributed by atoms with E-state index in [4.69, 9.17) is 4.74 Å². The molecule has 0 aliphatic rings. The van der Waals surface area contributed by atoms with E-state index in [2.05, 4.69) is 15.2 Å². The number of hydrogen-bond acceptors (Lipinski definition) is 4. The second-order valence-electron chi connectivity index (χ2n) is 6.53. The first-order valence-corrected chi connectivity index (χ1v) is 9.09. The minimum atomic E-state index is -0.491. The maximum Gasteiger partial charge on any atom is 0.338 e. The van der Waals surface area contributed by atoms with E-state index >= 15 is 0 Å². The Morgan fingerprint density at radius 2 is 2.00 bits per heavy atom. The number of aromatic nitrogens is 3. The zero-order valence-corrected chi connectivity index (χ0v) is 15.6. The fourth-order valence-corrected chi connectivity index (χ4v) is 3.17. The van der Waals surface area contributed by atoms with Crippen molar-refractivity contribution in [3.05, 3.63) is 83.1 Å². The number of ether oxygens (including phenoxy) is 1. The number of pyridine rings is 1. The van der Waals surface area contributed by atoms with E-state index < -0.39 is 17.6 Å². The van der Waals surface area contributed by atoms with Crippen LogP contribution in [-0.4, -0.2) is 27.8 Å². The molecule has 7 heteroatoms. The number of hydrogen-bond donors (Lipinski definition) is 1. The maximum absolute atomic E-state index is 14.0. The average Bonchev–Trinajstić information content (AvgIpc) is 3.14. The van der Waals surface area contributed by atoms with Gasteiger partial charge in [-0.25, -0.2) is 18.6 Å². The zero-order valence-electron chi connectivity index (χ0n) is 15.6. The van der Waals surface area contributed by atoms with Crippen LogP contribution in [0.25, 0.3) is 22.3 Å². The summed E-state index contributed by atoms with van der Waals surface area (Å²) in [4.78, 5) is 16.3. The minimum absolute atomic E-state index is 0.194. The van der Waals surface area contributed by atoms with E-state index in [-0.39, 0.29) is 12.0 Å². The highest BCUT2D eigenvalue weighted by Crippen LogP contribution is 2.27. The van der Waals surface area contributed by atoms with E-state index in [0.717, 1.165) is 23.1 Å². The van der Waals surface area contributed by atoms with Gasteiger partial charge in [0.15, 0.2) is 5.65 Å². The summed E-state index contributed by atoms with van der Waals surface area (Å²) < 4.78 is 32.5. The number of esters is 1. The molecule has 0 spiro atoms. The lowest BCUT2D eigenvalue weighted by Crippen LogP contribution is -2.04. The summed E-state index contributed by atoms with van der Waals surface area (Å²) in [5, 5.41) is 7.86. The van der Waals surface area contributed by atoms with Crippen molar-refractivity contribution in [2.24, 2.45) is 0 Å². The first-order valence-electron chi connectivity index (χ1n) is 9.09. The molecule has 2 heterocycles. The summed E-state index contributed by atoms with van der Waals surface area (Å²) in [5.41, 5.74) is 3.31. The fraction of sp³-hybridized carbons (Fsp3) is 0.136. The van der Waals surface area contributed by atoms with Crippen molar-refractivity contribution < 1.29 is 18.3 Å². The topological polar surface area (TPSA) is 67.9 Å². The highest BCUT2D eigenvalue weighted by Gasteiger charge is 2.14. The molecule has 0 amide bonds. The SMILES string of the molecule is CCOC(=O)c1cccc(-c2[nH]nc3ncc(Cc4cc(F)ccc4F)cc23)c1. The van der Waals surface area contributed by atoms with Crippen LogP contribution in [0.2, 0.25) is 0 Å². The molecule has 1 N–H and O–H groups in total. The Hall–Kier alpha value is -3.61. The van der Waals surface area contributed by atoms with Crippen molar-refractivity contribution in [2.45, 2.75) is 13.3 Å². The lowest BCUT2D eigenvalue weighted by Gasteiger charge is -2.06. The van der Waals surface area contributed by atoms with Crippen molar-refractivity contribution in [1.82, 2.24) is 15.2 Å². The second-order valence-corrected chi connectivity index (χ2v) is 6.53. The average molecular weight is 393 g/mol. The number of nitrogens with zero attached hydrogens (tertiary/aromatic N) is 2. The Balaban J connectivity index is 1.72. The highest BCUT2D eigenvalue weighted by molar-refractivity contribution is 5.95. The summed E-state index contributed by atoms with van der Waals surface area (Å²) in [6.07, 6.45) is 1.78. The maximum atomic E-state index is 14.0. The van der Waals surface area contributed by atoms with Crippen LogP contribution in [0.3, 0.4) is 0 Å². The van der Waals surface area contributed by atoms with Crippen LogP contribution in [0.5, 0.6) is 0 Å². The fourth-order valence-electron chi connectivity index (χ4n) is 3.17. The highest BCUT2D eigenvalue weighted by atomic mass is 19.1. The van der Waals surface area contributed by atoms with Gasteiger partial charge in [0.2, 0.25) is 0 Å². The van der Waals surface area contributed by atoms with E-state index in [9.17, 15) is 13.6 Å². The molecular weight excluding hydrogens is 376 g/mol. The Morgan fingerprint density at radius 1 is 1.14 bits per heavy atom. The molecule has 146 valence electrons. The number of H-pyrrole nitrogens is 1. The number of aromatic amines is 1. The van der Waals surface area contributed by atoms with Gasteiger partial charge >= 0.3 is 5.97 Å². The van der Waals surface area contributed by atoms with E-state index in [1.54, 1.807) is 31.3 Å². The van der Waals surface area contributed by atoms with Gasteiger partial charge in [-0.05, 0) is 54.4 Å². The Labute approximate surface area is 165 Å². The predicted octanol–water partition coefficient (Wildman–Crippen LogP) is 4.67. The van der Waals surface area contributed by atoms with Crippen LogP contribution in [-0.2, 0) is 11.2 Å². The van der Waals surface area contributed by atoms with Gasteiger partial charge in [0.25, 0.3) is 0 Å². The molecule has 29 heavy (non-hydrogen) atoms. The summed E-state index contributed by atoms with van der Waals surface area (Å²) in [5.74, 6) is -1.37. The van der Waals surface area contributed by atoms with Crippen molar-refractivity contribution in [3.8, 4) is 11.3 Å². The first-order chi connectivity index (χ1) is 14.0. The number of halogens is 2. The number of fused-ring (bicyclic) bond motifs is 1. The molecule has 0 saturated carbocycles. The monoisotopic (exact) mass is 393 g/mol. The first kappa shape index (κ1) is 18.7. The second kappa shape index (κ2) is 7.79. The molecule has 0 unspecified atom stereocenters. The molecule has 4 rings (SSSR count). The Morgan fingerprint density at radius 3 is 2.83 bits per heavy atom. The number of carbonyl (C=O) groups excluding carboxylic acids is 1. The molecule has 0 radical (unpaired) electrons. The van der Waals surface area contributed by atoms with Gasteiger partial charge in [-0.1, -0.05) is 12.1 Å². The van der Waals surface area contributed by atoms with Gasteiger partial charge in [0.1, 0.15) is 11.6 Å². The summed E-state index contributed by atoms with van der Waals surface area (Å²) in [6, 6.07) is 12.2. The lowest BCUT2D eigenvalue weighted by atomic mass is 10.0. The number of benzene rings is 2. The molecule has 0 fully saturated rings. The van der Waals surface area contributed by atoms with E-state index in [0.29, 0.717) is 29.1 Å². The van der Waals surface area contributed by atoms with Crippen molar-refractivity contribution >= 4 is 17.0 Å². The molecule has 0 aliphatic carbocycles. The largest absolute Gasteiger partial charge is 0.462 e. The number of carbonyl (C=O) groups is 1. The zero-order chi connectivity index (χ0) is 20.4. The van der Waals surface area contributed by atoms with Gasteiger partial charge in [0.05, 0.1) is 17.9 Å². The van der Waals surface area contributed by atoms with Gasteiger partial charge in [-0.15, -0.1) is 0 Å². The molecule has 4 aromatic rings. The van der Waals surface area contributed by atoms with Gasteiger partial charge in [-0.3, -0.25) is 5.10 Å². The Bertz CT molecular complexity index is 1200. The number of rotatable bonds is 5. The predicted molar refractivity (Wildman–Crippen MR) is 104 cm³/mol. The molecule has 2 aromatic heterocycles. The van der Waals surface area contributed by atoms with Crippen LogP contribution < -0.4 is 0 Å². The van der Waals surface area contributed by atoms with Crippen LogP contribution in [0, 0.1) is 11.6 Å². The smallest absolute Gasteiger partial charge is 0.338 e. The third-order valence-electron chi connectivity index (χ3n) is 4.53. The normalized spacial score (nSPS) is 11.0. The van der Waals surface area contributed by atoms with Crippen LogP contribution in [0.4, 0.5) is 8.78 Å². The lowest BCUT2D eigenvalue weighted by molar-refractivity contribution is 0.0526. The standard InChI is InChI=1S/C22H17F2N3O2/c1-2-29-22(28)15-5-3-4-14(10-15)20-18-9-13(12-25-21(18)27-26-20)8-16-11-17(23)6-7-19(16)24/h3-7,9-12H,2,8H2,1H3,(H,25,26,27). The Kier molecular flexibility index (Phi) is 5.03. The van der Waals surface area contributed by atoms with E-state index in [1.165, 1.54) is 6.07 Å². The summed E-state index contributed by atoms with van der Waals surface area (Å²) in [7, 11) is 0. The molecular formula is C22H17F2N3O2. The van der Waals surface area contributed by atoms with Crippen LogP contribution in [0.1, 0.15) is 28.4 Å². The third kappa shape index (κ3) is 3.85. The number of nitrogens with one attached hydrogen (secondary N) is 1. The minimum Gasteiger partial charge on any atom is -0.462 e. The molecule has 0 bridgehead atoms. The van der Waals surface area contributed by atoms with Crippen molar-refractivity contribution in [3.63, 3.8) is 0 Å². The molecule has 2 aromatic carbocycles. The van der Waals surface area contributed by atoms with Crippen LogP contribution >= 0.6 is 0 Å². The van der Waals surface area contributed by atoms with Crippen LogP contribution in [0.15, 0.2) is 54.7 Å². The van der Waals surface area contributed by atoms with Gasteiger partial charge in [-0.2, -0.15) is 5.10 Å². The van der Waals surface area contributed by atoms with Crippen molar-refractivity contribution in [2.75, 3.05) is 6.61 Å². The molecule has 0 atom stereocenters. The van der Waals surface area contributed by atoms with Gasteiger partial charge < -0.3 is 4.74 Å². The van der Waals surface area contributed by atoms with Gasteiger partial charge in [0, 0.05) is 23.6 Å². The third-order valence-corrected chi connectivity index (χ3v) is 4.53.